The zero-order valence-corrected chi connectivity index (χ0v) is 12.4. The maximum atomic E-state index is 11.5. The molecule has 1 saturated heterocycles. The standard InChI is InChI=1S/C14H26O7/c1-2-3-4-5-6-7-10(15)20-8-9-11(16)12(17)13(18)14(19)21-9/h9,11-14,16-19H,2-8H2,1H3/t9-,11-,12+,13+,14-/m1/s1. The molecule has 1 aliphatic heterocycles. The highest BCUT2D eigenvalue weighted by Crippen LogP contribution is 2.20. The van der Waals surface area contributed by atoms with E-state index in [0.717, 1.165) is 32.1 Å². The van der Waals surface area contributed by atoms with Crippen LogP contribution in [0.2, 0.25) is 0 Å². The second kappa shape index (κ2) is 9.32. The highest BCUT2D eigenvalue weighted by Gasteiger charge is 2.43. The molecular formula is C14H26O7. The summed E-state index contributed by atoms with van der Waals surface area (Å²) < 4.78 is 9.87. The summed E-state index contributed by atoms with van der Waals surface area (Å²) in [7, 11) is 0. The third kappa shape index (κ3) is 5.88. The molecule has 21 heavy (non-hydrogen) atoms. The van der Waals surface area contributed by atoms with Gasteiger partial charge in [0, 0.05) is 6.42 Å². The average molecular weight is 306 g/mol. The van der Waals surface area contributed by atoms with Gasteiger partial charge >= 0.3 is 5.97 Å². The van der Waals surface area contributed by atoms with Crippen molar-refractivity contribution in [3.05, 3.63) is 0 Å². The first-order valence-electron chi connectivity index (χ1n) is 7.50. The molecule has 1 fully saturated rings. The number of hydrogen-bond acceptors (Lipinski definition) is 7. The summed E-state index contributed by atoms with van der Waals surface area (Å²) >= 11 is 0. The molecule has 7 nitrogen and oxygen atoms in total. The molecule has 0 unspecified atom stereocenters. The maximum Gasteiger partial charge on any atom is 0.305 e. The summed E-state index contributed by atoms with van der Waals surface area (Å²) in [5.74, 6) is -0.405. The molecule has 0 radical (unpaired) electrons. The van der Waals surface area contributed by atoms with Crippen LogP contribution in [0.4, 0.5) is 0 Å². The van der Waals surface area contributed by atoms with Crippen LogP contribution in [-0.4, -0.2) is 63.7 Å². The van der Waals surface area contributed by atoms with Gasteiger partial charge in [-0.05, 0) is 6.42 Å². The third-order valence-electron chi connectivity index (χ3n) is 3.58. The molecule has 0 aromatic heterocycles. The van der Waals surface area contributed by atoms with Gasteiger partial charge in [-0.25, -0.2) is 0 Å². The smallest absolute Gasteiger partial charge is 0.305 e. The largest absolute Gasteiger partial charge is 0.463 e. The van der Waals surface area contributed by atoms with Gasteiger partial charge in [0.2, 0.25) is 0 Å². The first-order valence-corrected chi connectivity index (χ1v) is 7.50. The summed E-state index contributed by atoms with van der Waals surface area (Å²) in [6.07, 6.45) is -1.81. The number of unbranched alkanes of at least 4 members (excludes halogenated alkanes) is 4. The van der Waals surface area contributed by atoms with Crippen molar-refractivity contribution in [1.82, 2.24) is 0 Å². The zero-order valence-electron chi connectivity index (χ0n) is 12.4. The molecule has 1 rings (SSSR count). The molecule has 1 heterocycles. The zero-order chi connectivity index (χ0) is 15.8. The van der Waals surface area contributed by atoms with E-state index in [4.69, 9.17) is 9.47 Å². The van der Waals surface area contributed by atoms with E-state index >= 15 is 0 Å². The average Bonchev–Trinajstić information content (AvgIpc) is 2.47. The van der Waals surface area contributed by atoms with Gasteiger partial charge < -0.3 is 29.9 Å². The number of rotatable bonds is 8. The fourth-order valence-electron chi connectivity index (χ4n) is 2.19. The lowest BCUT2D eigenvalue weighted by molar-refractivity contribution is -0.287. The van der Waals surface area contributed by atoms with E-state index in [2.05, 4.69) is 6.92 Å². The summed E-state index contributed by atoms with van der Waals surface area (Å²) in [5, 5.41) is 37.8. The number of hydrogen-bond donors (Lipinski definition) is 4. The summed E-state index contributed by atoms with van der Waals surface area (Å²) in [4.78, 5) is 11.5. The highest BCUT2D eigenvalue weighted by atomic mass is 16.6. The van der Waals surface area contributed by atoms with E-state index in [1.165, 1.54) is 0 Å². The maximum absolute atomic E-state index is 11.5. The van der Waals surface area contributed by atoms with Gasteiger partial charge in [-0.1, -0.05) is 32.6 Å². The molecule has 0 aromatic carbocycles. The molecule has 0 aromatic rings. The van der Waals surface area contributed by atoms with Crippen molar-refractivity contribution in [2.24, 2.45) is 0 Å². The van der Waals surface area contributed by atoms with Crippen LogP contribution >= 0.6 is 0 Å². The van der Waals surface area contributed by atoms with Crippen molar-refractivity contribution >= 4 is 5.97 Å². The molecule has 0 aliphatic carbocycles. The lowest BCUT2D eigenvalue weighted by Gasteiger charge is -2.37. The van der Waals surface area contributed by atoms with Crippen molar-refractivity contribution in [2.45, 2.75) is 76.2 Å². The second-order valence-corrected chi connectivity index (χ2v) is 5.38. The van der Waals surface area contributed by atoms with Gasteiger partial charge in [-0.15, -0.1) is 0 Å². The number of aliphatic hydroxyl groups excluding tert-OH is 4. The monoisotopic (exact) mass is 306 g/mol. The predicted molar refractivity (Wildman–Crippen MR) is 73.2 cm³/mol. The molecule has 4 N–H and O–H groups in total. The van der Waals surface area contributed by atoms with E-state index in [1.54, 1.807) is 0 Å². The highest BCUT2D eigenvalue weighted by molar-refractivity contribution is 5.69. The molecule has 7 heteroatoms. The Morgan fingerprint density at radius 3 is 2.33 bits per heavy atom. The van der Waals surface area contributed by atoms with Gasteiger partial charge in [-0.3, -0.25) is 4.79 Å². The molecule has 1 aliphatic rings. The molecule has 0 amide bonds. The molecular weight excluding hydrogens is 280 g/mol. The fourth-order valence-corrected chi connectivity index (χ4v) is 2.19. The van der Waals surface area contributed by atoms with Gasteiger partial charge in [0.25, 0.3) is 0 Å². The van der Waals surface area contributed by atoms with E-state index < -0.39 is 36.7 Å². The first kappa shape index (κ1) is 18.3. The van der Waals surface area contributed by atoms with E-state index in [0.29, 0.717) is 6.42 Å². The van der Waals surface area contributed by atoms with Gasteiger partial charge in [0.05, 0.1) is 0 Å². The Labute approximate surface area is 124 Å². The quantitative estimate of drug-likeness (QED) is 0.359. The van der Waals surface area contributed by atoms with E-state index in [-0.39, 0.29) is 6.61 Å². The van der Waals surface area contributed by atoms with E-state index in [9.17, 15) is 25.2 Å². The van der Waals surface area contributed by atoms with Crippen LogP contribution in [0.5, 0.6) is 0 Å². The van der Waals surface area contributed by atoms with Crippen LogP contribution in [0, 0.1) is 0 Å². The van der Waals surface area contributed by atoms with Gasteiger partial charge in [-0.2, -0.15) is 0 Å². The number of esters is 1. The molecule has 5 atom stereocenters. The van der Waals surface area contributed by atoms with Gasteiger partial charge in [0.15, 0.2) is 6.29 Å². The van der Waals surface area contributed by atoms with Crippen molar-refractivity contribution in [2.75, 3.05) is 6.61 Å². The summed E-state index contributed by atoms with van der Waals surface area (Å²) in [5.41, 5.74) is 0. The van der Waals surface area contributed by atoms with Crippen molar-refractivity contribution < 1.29 is 34.7 Å². The number of carbonyl (C=O) groups is 1. The van der Waals surface area contributed by atoms with Crippen molar-refractivity contribution in [1.29, 1.82) is 0 Å². The van der Waals surface area contributed by atoms with Crippen LogP contribution in [0.15, 0.2) is 0 Å². The minimum atomic E-state index is -1.61. The van der Waals surface area contributed by atoms with E-state index in [1.807, 2.05) is 0 Å². The Morgan fingerprint density at radius 2 is 1.67 bits per heavy atom. The minimum Gasteiger partial charge on any atom is -0.463 e. The topological polar surface area (TPSA) is 116 Å². The SMILES string of the molecule is CCCCCCCC(=O)OC[C@H]1O[C@@H](O)[C@@H](O)[C@@H](O)[C@@H]1O. The minimum absolute atomic E-state index is 0.268. The Kier molecular flexibility index (Phi) is 8.13. The Bertz CT molecular complexity index is 310. The molecule has 0 saturated carbocycles. The van der Waals surface area contributed by atoms with Crippen molar-refractivity contribution in [3.8, 4) is 0 Å². The predicted octanol–water partition coefficient (Wildman–Crippen LogP) is -0.310. The van der Waals surface area contributed by atoms with Crippen molar-refractivity contribution in [3.63, 3.8) is 0 Å². The first-order chi connectivity index (χ1) is 9.97. The van der Waals surface area contributed by atoms with Gasteiger partial charge in [0.1, 0.15) is 31.0 Å². The lowest BCUT2D eigenvalue weighted by atomic mass is 9.99. The van der Waals surface area contributed by atoms with Crippen LogP contribution in [0.1, 0.15) is 45.4 Å². The number of ether oxygens (including phenoxy) is 2. The molecule has 0 spiro atoms. The Hall–Kier alpha value is -0.730. The fraction of sp³-hybridized carbons (Fsp3) is 0.929. The number of carbonyl (C=O) groups excluding carboxylic acids is 1. The molecule has 124 valence electrons. The summed E-state index contributed by atoms with van der Waals surface area (Å²) in [6.45, 7) is 1.85. The van der Waals surface area contributed by atoms with Crippen LogP contribution in [0.25, 0.3) is 0 Å². The van der Waals surface area contributed by atoms with Crippen LogP contribution < -0.4 is 0 Å². The Morgan fingerprint density at radius 1 is 1.00 bits per heavy atom. The number of aliphatic hydroxyl groups is 4. The second-order valence-electron chi connectivity index (χ2n) is 5.38. The lowest BCUT2D eigenvalue weighted by Crippen LogP contribution is -2.58. The Balaban J connectivity index is 2.23. The summed E-state index contributed by atoms with van der Waals surface area (Å²) in [6, 6.07) is 0. The molecule has 0 bridgehead atoms. The normalized spacial score (nSPS) is 32.9. The third-order valence-corrected chi connectivity index (χ3v) is 3.58. The van der Waals surface area contributed by atoms with Crippen LogP contribution in [-0.2, 0) is 14.3 Å². The van der Waals surface area contributed by atoms with Crippen LogP contribution in [0.3, 0.4) is 0 Å².